The summed E-state index contributed by atoms with van der Waals surface area (Å²) in [5.41, 5.74) is 1.13. The van der Waals surface area contributed by atoms with Crippen LogP contribution in [0.5, 0.6) is 0 Å². The average molecular weight is 501 g/mol. The van der Waals surface area contributed by atoms with Gasteiger partial charge in [0.05, 0.1) is 12.6 Å². The summed E-state index contributed by atoms with van der Waals surface area (Å²) in [6, 6.07) is 11.1. The Hall–Kier alpha value is -3.54. The molecule has 1 aliphatic heterocycles. The highest BCUT2D eigenvalue weighted by Gasteiger charge is 2.34. The Bertz CT molecular complexity index is 1340. The van der Waals surface area contributed by atoms with Crippen molar-refractivity contribution in [3.8, 4) is 12.1 Å². The van der Waals surface area contributed by atoms with Crippen molar-refractivity contribution in [2.45, 2.75) is 38.7 Å². The summed E-state index contributed by atoms with van der Waals surface area (Å²) in [6.07, 6.45) is 2.58. The van der Waals surface area contributed by atoms with Crippen molar-refractivity contribution in [3.05, 3.63) is 49.4 Å². The lowest BCUT2D eigenvalue weighted by Gasteiger charge is -2.32. The topological polar surface area (TPSA) is 114 Å². The van der Waals surface area contributed by atoms with Crippen LogP contribution in [0.15, 0.2) is 29.1 Å². The minimum Gasteiger partial charge on any atom is -0.360 e. The molecule has 11 heteroatoms. The third-order valence-corrected chi connectivity index (χ3v) is 6.72. The van der Waals surface area contributed by atoms with Gasteiger partial charge in [0.1, 0.15) is 21.8 Å². The molecule has 2 N–H and O–H groups in total. The second kappa shape index (κ2) is 11.7. The van der Waals surface area contributed by atoms with E-state index in [0.717, 1.165) is 22.6 Å². The van der Waals surface area contributed by atoms with E-state index < -0.39 is 11.8 Å². The summed E-state index contributed by atoms with van der Waals surface area (Å²) in [6.45, 7) is 2.75. The van der Waals surface area contributed by atoms with E-state index in [1.807, 2.05) is 30.3 Å². The number of nitriles is 2. The van der Waals surface area contributed by atoms with E-state index in [2.05, 4.69) is 10.6 Å². The van der Waals surface area contributed by atoms with Crippen molar-refractivity contribution in [2.75, 3.05) is 31.5 Å². The maximum Gasteiger partial charge on any atom is 0.270 e. The van der Waals surface area contributed by atoms with Crippen molar-refractivity contribution in [1.29, 1.82) is 10.5 Å². The zero-order chi connectivity index (χ0) is 25.4. The summed E-state index contributed by atoms with van der Waals surface area (Å²) >= 11 is 1.01. The number of thiazole rings is 1. The van der Waals surface area contributed by atoms with Crippen LogP contribution in [0.2, 0.25) is 0 Å². The van der Waals surface area contributed by atoms with E-state index in [1.165, 1.54) is 10.8 Å². The normalized spacial score (nSPS) is 16.8. The number of aromatic nitrogens is 1. The summed E-state index contributed by atoms with van der Waals surface area (Å²) < 4.78 is 29.1. The van der Waals surface area contributed by atoms with Crippen LogP contribution >= 0.6 is 11.3 Å². The van der Waals surface area contributed by atoms with Crippen LogP contribution in [0.4, 0.5) is 14.5 Å². The molecule has 1 aliphatic rings. The second-order valence-electron chi connectivity index (χ2n) is 8.12. The summed E-state index contributed by atoms with van der Waals surface area (Å²) in [4.78, 5) is 26.9. The Kier molecular flexibility index (Phi) is 8.74. The van der Waals surface area contributed by atoms with Gasteiger partial charge in [0.15, 0.2) is 5.57 Å². The summed E-state index contributed by atoms with van der Waals surface area (Å²) in [5, 5.41) is 23.5. The van der Waals surface area contributed by atoms with E-state index in [-0.39, 0.29) is 41.9 Å². The highest BCUT2D eigenvalue weighted by atomic mass is 32.1. The zero-order valence-electron chi connectivity index (χ0n) is 19.3. The van der Waals surface area contributed by atoms with Gasteiger partial charge in [-0.2, -0.15) is 10.5 Å². The standard InChI is InChI=1S/C24H26F2N6O2S/c1-2-32-22(34)20(35-23(32)19(14-28)21(33)29-10-9-27)15-30-18-6-3-5-17(13-18)7-12-31-11-4-8-24(25,26)16-31/h3,5-6,13,15,30H,2,4,7-8,10-12,16H2,1H3,(H,29,33). The highest BCUT2D eigenvalue weighted by Crippen LogP contribution is 2.26. The summed E-state index contributed by atoms with van der Waals surface area (Å²) in [7, 11) is 0. The molecule has 1 amide bonds. The van der Waals surface area contributed by atoms with Crippen LogP contribution in [0.1, 0.15) is 25.3 Å². The molecular formula is C24H26F2N6O2S. The number of rotatable bonds is 8. The molecule has 0 unspecified atom stereocenters. The number of halogens is 2. The Morgan fingerprint density at radius 2 is 2.14 bits per heavy atom. The quantitative estimate of drug-likeness (QED) is 0.530. The molecular weight excluding hydrogens is 474 g/mol. The van der Waals surface area contributed by atoms with Crippen LogP contribution in [-0.4, -0.2) is 47.5 Å². The first-order valence-electron chi connectivity index (χ1n) is 11.2. The lowest BCUT2D eigenvalue weighted by molar-refractivity contribution is -0.115. The van der Waals surface area contributed by atoms with Gasteiger partial charge in [-0.3, -0.25) is 19.1 Å². The van der Waals surface area contributed by atoms with Gasteiger partial charge in [-0.05, 0) is 44.0 Å². The van der Waals surface area contributed by atoms with Gasteiger partial charge >= 0.3 is 0 Å². The number of hydrogen-bond acceptors (Lipinski definition) is 7. The van der Waals surface area contributed by atoms with Crippen molar-refractivity contribution < 1.29 is 13.6 Å². The molecule has 0 atom stereocenters. The van der Waals surface area contributed by atoms with E-state index in [4.69, 9.17) is 5.26 Å². The number of alkyl halides is 2. The molecule has 3 rings (SSSR count). The lowest BCUT2D eigenvalue weighted by Crippen LogP contribution is -2.43. The zero-order valence-corrected chi connectivity index (χ0v) is 20.1. The molecule has 35 heavy (non-hydrogen) atoms. The number of carbonyl (C=O) groups is 1. The maximum absolute atomic E-state index is 13.6. The number of likely N-dealkylation sites (tertiary alicyclic amines) is 1. The predicted molar refractivity (Wildman–Crippen MR) is 130 cm³/mol. The van der Waals surface area contributed by atoms with Crippen molar-refractivity contribution in [3.63, 3.8) is 0 Å². The molecule has 0 bridgehead atoms. The fraction of sp³-hybridized carbons (Fsp3) is 0.417. The van der Waals surface area contributed by atoms with Crippen LogP contribution < -0.4 is 25.4 Å². The molecule has 1 aromatic heterocycles. The smallest absolute Gasteiger partial charge is 0.270 e. The van der Waals surface area contributed by atoms with E-state index in [1.54, 1.807) is 17.9 Å². The molecule has 8 nitrogen and oxygen atoms in total. The molecule has 0 radical (unpaired) electrons. The number of nitrogens with one attached hydrogen (secondary N) is 2. The SMILES string of the molecule is CCn1c(=C(C#N)C(=O)NCC#N)sc(=CNc2cccc(CCN3CCCC(F)(F)C3)c2)c1=O. The molecule has 0 spiro atoms. The van der Waals surface area contributed by atoms with Gasteiger partial charge in [-0.25, -0.2) is 8.78 Å². The average Bonchev–Trinajstić information content (AvgIpc) is 3.15. The molecule has 184 valence electrons. The largest absolute Gasteiger partial charge is 0.360 e. The summed E-state index contributed by atoms with van der Waals surface area (Å²) in [5.74, 6) is -3.34. The van der Waals surface area contributed by atoms with E-state index in [9.17, 15) is 23.6 Å². The van der Waals surface area contributed by atoms with Gasteiger partial charge in [-0.15, -0.1) is 11.3 Å². The minimum atomic E-state index is -2.62. The molecule has 0 aliphatic carbocycles. The van der Waals surface area contributed by atoms with Crippen LogP contribution in [0.3, 0.4) is 0 Å². The Morgan fingerprint density at radius 3 is 2.83 bits per heavy atom. The Balaban J connectivity index is 1.80. The third kappa shape index (κ3) is 6.75. The van der Waals surface area contributed by atoms with Crippen LogP contribution in [0.25, 0.3) is 11.8 Å². The third-order valence-electron chi connectivity index (χ3n) is 5.59. The maximum atomic E-state index is 13.6. The second-order valence-corrected chi connectivity index (χ2v) is 9.15. The van der Waals surface area contributed by atoms with Crippen molar-refractivity contribution >= 4 is 34.7 Å². The molecule has 1 fully saturated rings. The minimum absolute atomic E-state index is 0.0545. The van der Waals surface area contributed by atoms with Gasteiger partial charge in [0.2, 0.25) is 0 Å². The number of anilines is 1. The first-order chi connectivity index (χ1) is 16.8. The van der Waals surface area contributed by atoms with Gasteiger partial charge in [0, 0.05) is 31.4 Å². The lowest BCUT2D eigenvalue weighted by atomic mass is 10.1. The van der Waals surface area contributed by atoms with Crippen molar-refractivity contribution in [2.24, 2.45) is 0 Å². The first-order valence-corrected chi connectivity index (χ1v) is 12.0. The van der Waals surface area contributed by atoms with Crippen LogP contribution in [0, 0.1) is 22.7 Å². The number of carbonyl (C=O) groups excluding carboxylic acids is 1. The van der Waals surface area contributed by atoms with Gasteiger partial charge < -0.3 is 10.6 Å². The molecule has 1 aromatic carbocycles. The number of hydrogen-bond donors (Lipinski definition) is 2. The monoisotopic (exact) mass is 500 g/mol. The number of benzene rings is 1. The predicted octanol–water partition coefficient (Wildman–Crippen LogP) is 1.37. The van der Waals surface area contributed by atoms with E-state index in [0.29, 0.717) is 30.5 Å². The highest BCUT2D eigenvalue weighted by molar-refractivity contribution is 7.07. The van der Waals surface area contributed by atoms with E-state index >= 15 is 0 Å². The first kappa shape index (κ1) is 26.1. The number of piperidine rings is 1. The molecule has 1 saturated heterocycles. The van der Waals surface area contributed by atoms with Crippen molar-refractivity contribution in [1.82, 2.24) is 14.8 Å². The fourth-order valence-electron chi connectivity index (χ4n) is 3.89. The Morgan fingerprint density at radius 1 is 1.34 bits per heavy atom. The van der Waals surface area contributed by atoms with Crippen LogP contribution in [-0.2, 0) is 17.8 Å². The molecule has 2 aromatic rings. The fourth-order valence-corrected chi connectivity index (χ4v) is 4.97. The van der Waals surface area contributed by atoms with Gasteiger partial charge in [0.25, 0.3) is 17.4 Å². The Labute approximate surface area is 205 Å². The number of nitrogens with zero attached hydrogens (tertiary/aromatic N) is 4. The van der Waals surface area contributed by atoms with Gasteiger partial charge in [-0.1, -0.05) is 12.1 Å². The number of amides is 1. The molecule has 2 heterocycles. The molecule has 0 saturated carbocycles.